The first-order valence-electron chi connectivity index (χ1n) is 19.6. The van der Waals surface area contributed by atoms with Crippen LogP contribution in [-0.4, -0.2) is 99.8 Å². The Morgan fingerprint density at radius 1 is 0.911 bits per heavy atom. The number of alkyl carbamates (subject to hydrolysis) is 1. The van der Waals surface area contributed by atoms with E-state index < -0.39 is 41.6 Å². The second kappa shape index (κ2) is 20.2. The molecule has 3 aromatic rings. The van der Waals surface area contributed by atoms with E-state index >= 15 is 0 Å². The number of aliphatic hydroxyl groups is 1. The van der Waals surface area contributed by atoms with E-state index in [1.165, 1.54) is 7.11 Å². The van der Waals surface area contributed by atoms with Gasteiger partial charge in [-0.05, 0) is 59.9 Å². The summed E-state index contributed by atoms with van der Waals surface area (Å²) in [5, 5.41) is 19.5. The predicted octanol–water partition coefficient (Wildman–Crippen LogP) is 5.00. The van der Waals surface area contributed by atoms with Gasteiger partial charge < -0.3 is 30.3 Å². The topological polar surface area (TPSA) is 156 Å². The fourth-order valence-electron chi connectivity index (χ4n) is 6.92. The number of amides is 5. The molecule has 13 heteroatoms. The van der Waals surface area contributed by atoms with Crippen LogP contribution in [0.25, 0.3) is 0 Å². The fourth-order valence-corrected chi connectivity index (χ4v) is 6.92. The molecule has 5 amide bonds. The van der Waals surface area contributed by atoms with Crippen LogP contribution >= 0.6 is 0 Å². The number of hydrazine groups is 1. The van der Waals surface area contributed by atoms with Crippen LogP contribution in [0.2, 0.25) is 0 Å². The number of pyridine rings is 1. The number of aromatic nitrogens is 1. The number of hydrogen-bond donors (Lipinski definition) is 4. The van der Waals surface area contributed by atoms with Crippen molar-refractivity contribution in [2.45, 2.75) is 105 Å². The Bertz CT molecular complexity index is 1750. The molecule has 0 bridgehead atoms. The smallest absolute Gasteiger partial charge is 0.407 e. The SMILES string of the molecule is CCc1ccc(CN(C[C@H](O)[C@H](Cc2ccccc2)NC(=O)[C@H]([C@@H](C)CC)N2CCN(Cc3cccc(C)n3)C2=O)NC(=O)[C@@H](NC(=O)OC)C(C)(C)C)cc1. The van der Waals surface area contributed by atoms with Crippen LogP contribution in [0.15, 0.2) is 72.8 Å². The number of nitrogens with one attached hydrogen (secondary N) is 3. The molecule has 0 radical (unpaired) electrons. The van der Waals surface area contributed by atoms with E-state index in [2.05, 4.69) is 28.0 Å². The van der Waals surface area contributed by atoms with E-state index in [4.69, 9.17) is 4.74 Å². The van der Waals surface area contributed by atoms with Crippen LogP contribution in [-0.2, 0) is 40.3 Å². The van der Waals surface area contributed by atoms with Gasteiger partial charge in [-0.15, -0.1) is 0 Å². The summed E-state index contributed by atoms with van der Waals surface area (Å²) in [6.45, 7) is 14.8. The number of nitrogens with zero attached hydrogens (tertiary/aromatic N) is 4. The highest BCUT2D eigenvalue weighted by Gasteiger charge is 2.41. The van der Waals surface area contributed by atoms with Crippen molar-refractivity contribution in [2.75, 3.05) is 26.7 Å². The maximum absolute atomic E-state index is 14.5. The van der Waals surface area contributed by atoms with Crippen molar-refractivity contribution in [3.8, 4) is 0 Å². The highest BCUT2D eigenvalue weighted by Crippen LogP contribution is 2.24. The molecule has 4 N–H and O–H groups in total. The lowest BCUT2D eigenvalue weighted by Crippen LogP contribution is -2.60. The van der Waals surface area contributed by atoms with Crippen LogP contribution < -0.4 is 16.1 Å². The van der Waals surface area contributed by atoms with Gasteiger partial charge in [0.1, 0.15) is 12.1 Å². The monoisotopic (exact) mass is 771 g/mol. The van der Waals surface area contributed by atoms with Crippen molar-refractivity contribution in [1.29, 1.82) is 0 Å². The number of hydrogen-bond acceptors (Lipinski definition) is 8. The minimum atomic E-state index is -1.17. The highest BCUT2D eigenvalue weighted by molar-refractivity contribution is 5.88. The van der Waals surface area contributed by atoms with Gasteiger partial charge in [0.15, 0.2) is 0 Å². The summed E-state index contributed by atoms with van der Waals surface area (Å²) in [7, 11) is 1.24. The molecule has 56 heavy (non-hydrogen) atoms. The lowest BCUT2D eigenvalue weighted by molar-refractivity contribution is -0.132. The fraction of sp³-hybridized carbons (Fsp3) is 0.512. The summed E-state index contributed by atoms with van der Waals surface area (Å²) in [5.41, 5.74) is 6.86. The van der Waals surface area contributed by atoms with Gasteiger partial charge in [0.25, 0.3) is 5.91 Å². The number of rotatable bonds is 18. The third-order valence-corrected chi connectivity index (χ3v) is 10.4. The van der Waals surface area contributed by atoms with Crippen molar-refractivity contribution in [3.63, 3.8) is 0 Å². The highest BCUT2D eigenvalue weighted by atomic mass is 16.5. The van der Waals surface area contributed by atoms with Crippen LogP contribution in [0.1, 0.15) is 76.0 Å². The molecular weight excluding hydrogens is 711 g/mol. The van der Waals surface area contributed by atoms with Crippen LogP contribution in [0, 0.1) is 18.3 Å². The molecule has 1 aliphatic heterocycles. The molecule has 0 spiro atoms. The lowest BCUT2D eigenvalue weighted by atomic mass is 9.86. The lowest BCUT2D eigenvalue weighted by Gasteiger charge is -2.36. The molecule has 0 aliphatic carbocycles. The zero-order valence-corrected chi connectivity index (χ0v) is 34.2. The molecule has 5 atom stereocenters. The molecule has 1 saturated heterocycles. The average Bonchev–Trinajstić information content (AvgIpc) is 3.51. The van der Waals surface area contributed by atoms with Gasteiger partial charge in [-0.3, -0.25) is 20.0 Å². The first kappa shape index (κ1) is 43.7. The molecule has 1 aromatic heterocycles. The van der Waals surface area contributed by atoms with Crippen LogP contribution in [0.3, 0.4) is 0 Å². The molecule has 0 saturated carbocycles. The third-order valence-electron chi connectivity index (χ3n) is 10.4. The van der Waals surface area contributed by atoms with Gasteiger partial charge in [0.2, 0.25) is 5.91 Å². The second-order valence-corrected chi connectivity index (χ2v) is 15.8. The standard InChI is InChI=1S/C43H61N7O6/c1-9-29(3)37(50-24-23-48(42(50)55)27-34-18-14-15-30(4)44-34)39(52)45-35(25-32-16-12-11-13-17-32)36(51)28-49(26-33-21-19-31(10-2)20-22-33)47-40(53)38(43(5,6)7)46-41(54)56-8/h11-22,29,35-38,51H,9-10,23-28H2,1-8H3,(H,45,52)(H,46,54)(H,47,53)/t29-,35-,36-,37-,38+/m0/s1. The Kier molecular flexibility index (Phi) is 15.8. The Morgan fingerprint density at radius 2 is 1.59 bits per heavy atom. The van der Waals surface area contributed by atoms with Crippen LogP contribution in [0.5, 0.6) is 0 Å². The Morgan fingerprint density at radius 3 is 2.20 bits per heavy atom. The first-order chi connectivity index (χ1) is 26.6. The molecule has 4 rings (SSSR count). The van der Waals surface area contributed by atoms with Crippen LogP contribution in [0.4, 0.5) is 9.59 Å². The molecule has 1 fully saturated rings. The zero-order chi connectivity index (χ0) is 41.0. The van der Waals surface area contributed by atoms with E-state index in [1.807, 2.05) is 114 Å². The summed E-state index contributed by atoms with van der Waals surface area (Å²) in [4.78, 5) is 62.4. The first-order valence-corrected chi connectivity index (χ1v) is 19.6. The summed E-state index contributed by atoms with van der Waals surface area (Å²) in [6, 6.07) is 20.5. The van der Waals surface area contributed by atoms with Gasteiger partial charge in [0.05, 0.1) is 31.5 Å². The largest absolute Gasteiger partial charge is 0.453 e. The van der Waals surface area contributed by atoms with Gasteiger partial charge in [-0.25, -0.2) is 14.6 Å². The Balaban J connectivity index is 1.61. The quantitative estimate of drug-likeness (QED) is 0.132. The minimum Gasteiger partial charge on any atom is -0.453 e. The molecule has 1 aliphatic rings. The number of carbonyl (C=O) groups is 4. The van der Waals surface area contributed by atoms with E-state index in [1.54, 1.807) is 14.8 Å². The molecule has 0 unspecified atom stereocenters. The predicted molar refractivity (Wildman–Crippen MR) is 216 cm³/mol. The summed E-state index contributed by atoms with van der Waals surface area (Å²) in [5.74, 6) is -1.02. The summed E-state index contributed by atoms with van der Waals surface area (Å²) < 4.78 is 4.81. The second-order valence-electron chi connectivity index (χ2n) is 15.8. The summed E-state index contributed by atoms with van der Waals surface area (Å²) >= 11 is 0. The number of benzene rings is 2. The van der Waals surface area contributed by atoms with Gasteiger partial charge in [-0.2, -0.15) is 0 Å². The molecule has 2 aromatic carbocycles. The normalized spacial score (nSPS) is 15.9. The van der Waals surface area contributed by atoms with Crippen molar-refractivity contribution >= 4 is 23.9 Å². The van der Waals surface area contributed by atoms with Crippen molar-refractivity contribution in [2.24, 2.45) is 11.3 Å². The Hall–Kier alpha value is -5.01. The van der Waals surface area contributed by atoms with Gasteiger partial charge in [-0.1, -0.05) is 109 Å². The number of carbonyl (C=O) groups excluding carboxylic acids is 4. The van der Waals surface area contributed by atoms with Crippen molar-refractivity contribution < 1.29 is 29.0 Å². The zero-order valence-electron chi connectivity index (χ0n) is 34.2. The minimum absolute atomic E-state index is 0.0674. The number of urea groups is 1. The maximum Gasteiger partial charge on any atom is 0.407 e. The number of aliphatic hydroxyl groups excluding tert-OH is 1. The molecular formula is C43H61N7O6. The van der Waals surface area contributed by atoms with Gasteiger partial charge >= 0.3 is 12.1 Å². The van der Waals surface area contributed by atoms with E-state index in [0.29, 0.717) is 32.5 Å². The molecule has 13 nitrogen and oxygen atoms in total. The number of methoxy groups -OCH3 is 1. The number of aryl methyl sites for hydroxylation is 2. The third kappa shape index (κ3) is 12.2. The molecule has 2 heterocycles. The maximum atomic E-state index is 14.5. The number of ether oxygens (including phenoxy) is 1. The van der Waals surface area contributed by atoms with E-state index in [-0.39, 0.29) is 30.9 Å². The van der Waals surface area contributed by atoms with E-state index in [0.717, 1.165) is 34.5 Å². The molecule has 304 valence electrons. The summed E-state index contributed by atoms with van der Waals surface area (Å²) in [6.07, 6.45) is -0.100. The Labute approximate surface area is 332 Å². The average molecular weight is 772 g/mol. The van der Waals surface area contributed by atoms with E-state index in [9.17, 15) is 24.3 Å². The van der Waals surface area contributed by atoms with Gasteiger partial charge in [0, 0.05) is 31.9 Å². The van der Waals surface area contributed by atoms with Crippen molar-refractivity contribution in [3.05, 3.63) is 101 Å². The van der Waals surface area contributed by atoms with Crippen molar-refractivity contribution in [1.82, 2.24) is 35.9 Å².